The standard InChI is InChI=1S/C16H13ClN2O2/c1-2-21-14-7-4-11(5-8-14)16(20)19-15-9-13(17)6-3-12(15)10-18/h3-9H,2H2,1H3,(H,19,20). The maximum atomic E-state index is 12.2. The highest BCUT2D eigenvalue weighted by Gasteiger charge is 2.10. The van der Waals surface area contributed by atoms with Crippen LogP contribution in [0.1, 0.15) is 22.8 Å². The number of halogens is 1. The van der Waals surface area contributed by atoms with Crippen molar-refractivity contribution in [2.24, 2.45) is 0 Å². The Kier molecular flexibility index (Phi) is 4.81. The summed E-state index contributed by atoms with van der Waals surface area (Å²) in [5.74, 6) is 0.395. The number of benzene rings is 2. The van der Waals surface area contributed by atoms with Gasteiger partial charge in [0.15, 0.2) is 0 Å². The Labute approximate surface area is 127 Å². The van der Waals surface area contributed by atoms with E-state index in [9.17, 15) is 4.79 Å². The molecule has 0 bridgehead atoms. The van der Waals surface area contributed by atoms with Gasteiger partial charge in [-0.3, -0.25) is 4.79 Å². The first kappa shape index (κ1) is 14.9. The van der Waals surface area contributed by atoms with E-state index in [4.69, 9.17) is 21.6 Å². The molecule has 0 unspecified atom stereocenters. The monoisotopic (exact) mass is 300 g/mol. The van der Waals surface area contributed by atoms with E-state index in [1.165, 1.54) is 0 Å². The first-order valence-corrected chi connectivity index (χ1v) is 6.75. The molecule has 5 heteroatoms. The van der Waals surface area contributed by atoms with Gasteiger partial charge in [-0.05, 0) is 49.4 Å². The topological polar surface area (TPSA) is 62.1 Å². The van der Waals surface area contributed by atoms with Crippen LogP contribution in [0, 0.1) is 11.3 Å². The van der Waals surface area contributed by atoms with Crippen LogP contribution in [-0.2, 0) is 0 Å². The number of amides is 1. The largest absolute Gasteiger partial charge is 0.494 e. The zero-order chi connectivity index (χ0) is 15.2. The molecule has 0 saturated carbocycles. The lowest BCUT2D eigenvalue weighted by Gasteiger charge is -2.08. The first-order chi connectivity index (χ1) is 10.1. The van der Waals surface area contributed by atoms with Crippen molar-refractivity contribution < 1.29 is 9.53 Å². The van der Waals surface area contributed by atoms with Gasteiger partial charge in [0.05, 0.1) is 17.9 Å². The van der Waals surface area contributed by atoms with Gasteiger partial charge < -0.3 is 10.1 Å². The highest BCUT2D eigenvalue weighted by atomic mass is 35.5. The van der Waals surface area contributed by atoms with Gasteiger partial charge in [-0.15, -0.1) is 0 Å². The summed E-state index contributed by atoms with van der Waals surface area (Å²) < 4.78 is 5.32. The highest BCUT2D eigenvalue weighted by Crippen LogP contribution is 2.21. The molecule has 4 nitrogen and oxygen atoms in total. The summed E-state index contributed by atoms with van der Waals surface area (Å²) in [6.45, 7) is 2.46. The van der Waals surface area contributed by atoms with Crippen LogP contribution in [0.25, 0.3) is 0 Å². The quantitative estimate of drug-likeness (QED) is 0.932. The van der Waals surface area contributed by atoms with Crippen LogP contribution in [0.2, 0.25) is 5.02 Å². The molecule has 1 N–H and O–H groups in total. The molecule has 0 aliphatic rings. The zero-order valence-corrected chi connectivity index (χ0v) is 12.1. The predicted molar refractivity (Wildman–Crippen MR) is 81.7 cm³/mol. The van der Waals surface area contributed by atoms with E-state index < -0.39 is 0 Å². The number of anilines is 1. The van der Waals surface area contributed by atoms with Crippen LogP contribution in [0.15, 0.2) is 42.5 Å². The number of ether oxygens (including phenoxy) is 1. The second-order valence-corrected chi connectivity index (χ2v) is 4.65. The minimum absolute atomic E-state index is 0.309. The number of nitriles is 1. The molecule has 0 saturated heterocycles. The van der Waals surface area contributed by atoms with E-state index in [1.54, 1.807) is 42.5 Å². The van der Waals surface area contributed by atoms with Gasteiger partial charge in [-0.1, -0.05) is 11.6 Å². The fourth-order valence-corrected chi connectivity index (χ4v) is 1.95. The molecule has 21 heavy (non-hydrogen) atoms. The Hall–Kier alpha value is -2.51. The molecular weight excluding hydrogens is 288 g/mol. The number of hydrogen-bond donors (Lipinski definition) is 1. The number of hydrogen-bond acceptors (Lipinski definition) is 3. The average molecular weight is 301 g/mol. The lowest BCUT2D eigenvalue weighted by atomic mass is 10.1. The molecule has 106 valence electrons. The lowest BCUT2D eigenvalue weighted by molar-refractivity contribution is 0.102. The fraction of sp³-hybridized carbons (Fsp3) is 0.125. The number of carbonyl (C=O) groups is 1. The van der Waals surface area contributed by atoms with Gasteiger partial charge in [0.25, 0.3) is 5.91 Å². The maximum absolute atomic E-state index is 12.2. The van der Waals surface area contributed by atoms with Gasteiger partial charge in [0.2, 0.25) is 0 Å². The molecule has 2 aromatic rings. The Bertz CT molecular complexity index is 690. The van der Waals surface area contributed by atoms with Gasteiger partial charge in [0.1, 0.15) is 11.8 Å². The molecule has 0 radical (unpaired) electrons. The molecule has 2 rings (SSSR count). The molecule has 2 aromatic carbocycles. The van der Waals surface area contributed by atoms with Crippen molar-refractivity contribution in [2.75, 3.05) is 11.9 Å². The van der Waals surface area contributed by atoms with Crippen molar-refractivity contribution in [3.05, 3.63) is 58.6 Å². The van der Waals surface area contributed by atoms with Crippen LogP contribution < -0.4 is 10.1 Å². The summed E-state index contributed by atoms with van der Waals surface area (Å²) in [5, 5.41) is 12.2. The van der Waals surface area contributed by atoms with Crippen molar-refractivity contribution in [2.45, 2.75) is 6.92 Å². The van der Waals surface area contributed by atoms with E-state index in [0.717, 1.165) is 0 Å². The highest BCUT2D eigenvalue weighted by molar-refractivity contribution is 6.31. The fourth-order valence-electron chi connectivity index (χ4n) is 1.78. The molecule has 0 aliphatic heterocycles. The molecule has 0 heterocycles. The molecule has 0 aromatic heterocycles. The Balaban J connectivity index is 2.18. The van der Waals surface area contributed by atoms with Crippen LogP contribution in [0.3, 0.4) is 0 Å². The van der Waals surface area contributed by atoms with Gasteiger partial charge in [0, 0.05) is 10.6 Å². The normalized spacial score (nSPS) is 9.76. The van der Waals surface area contributed by atoms with Gasteiger partial charge in [-0.2, -0.15) is 5.26 Å². The minimum Gasteiger partial charge on any atom is -0.494 e. The van der Waals surface area contributed by atoms with Crippen LogP contribution in [0.5, 0.6) is 5.75 Å². The number of rotatable bonds is 4. The number of nitrogens with one attached hydrogen (secondary N) is 1. The number of carbonyl (C=O) groups excluding carboxylic acids is 1. The zero-order valence-electron chi connectivity index (χ0n) is 11.4. The van der Waals surface area contributed by atoms with Crippen LogP contribution in [-0.4, -0.2) is 12.5 Å². The van der Waals surface area contributed by atoms with Crippen LogP contribution >= 0.6 is 11.6 Å². The molecule has 0 fully saturated rings. The van der Waals surface area contributed by atoms with Crippen molar-refractivity contribution in [1.82, 2.24) is 0 Å². The summed E-state index contributed by atoms with van der Waals surface area (Å²) in [4.78, 5) is 12.2. The summed E-state index contributed by atoms with van der Waals surface area (Å²) in [7, 11) is 0. The first-order valence-electron chi connectivity index (χ1n) is 6.38. The van der Waals surface area contributed by atoms with E-state index in [0.29, 0.717) is 34.2 Å². The number of nitrogens with zero attached hydrogens (tertiary/aromatic N) is 1. The minimum atomic E-state index is -0.309. The smallest absolute Gasteiger partial charge is 0.255 e. The molecule has 1 amide bonds. The second-order valence-electron chi connectivity index (χ2n) is 4.21. The van der Waals surface area contributed by atoms with Crippen molar-refractivity contribution in [3.63, 3.8) is 0 Å². The third kappa shape index (κ3) is 3.74. The van der Waals surface area contributed by atoms with E-state index in [2.05, 4.69) is 5.32 Å². The third-order valence-electron chi connectivity index (χ3n) is 2.78. The summed E-state index contributed by atoms with van der Waals surface area (Å²) >= 11 is 5.88. The van der Waals surface area contributed by atoms with Crippen LogP contribution in [0.4, 0.5) is 5.69 Å². The van der Waals surface area contributed by atoms with Crippen molar-refractivity contribution in [1.29, 1.82) is 5.26 Å². The second kappa shape index (κ2) is 6.78. The predicted octanol–water partition coefficient (Wildman–Crippen LogP) is 3.86. The van der Waals surface area contributed by atoms with E-state index in [1.807, 2.05) is 13.0 Å². The average Bonchev–Trinajstić information content (AvgIpc) is 2.48. The van der Waals surface area contributed by atoms with Crippen molar-refractivity contribution in [3.8, 4) is 11.8 Å². The summed E-state index contributed by atoms with van der Waals surface area (Å²) in [5.41, 5.74) is 1.23. The summed E-state index contributed by atoms with van der Waals surface area (Å²) in [6.07, 6.45) is 0. The Morgan fingerprint density at radius 1 is 1.29 bits per heavy atom. The SMILES string of the molecule is CCOc1ccc(C(=O)Nc2cc(Cl)ccc2C#N)cc1. The molecule has 0 aliphatic carbocycles. The van der Waals surface area contributed by atoms with E-state index >= 15 is 0 Å². The Morgan fingerprint density at radius 3 is 2.62 bits per heavy atom. The van der Waals surface area contributed by atoms with E-state index in [-0.39, 0.29) is 5.91 Å². The van der Waals surface area contributed by atoms with Gasteiger partial charge >= 0.3 is 0 Å². The third-order valence-corrected chi connectivity index (χ3v) is 3.01. The molecule has 0 spiro atoms. The lowest BCUT2D eigenvalue weighted by Crippen LogP contribution is -2.12. The van der Waals surface area contributed by atoms with Gasteiger partial charge in [-0.25, -0.2) is 0 Å². The molecular formula is C16H13ClN2O2. The Morgan fingerprint density at radius 2 is 2.00 bits per heavy atom. The van der Waals surface area contributed by atoms with Crippen molar-refractivity contribution >= 4 is 23.2 Å². The summed E-state index contributed by atoms with van der Waals surface area (Å²) in [6, 6.07) is 13.5. The molecule has 0 atom stereocenters. The maximum Gasteiger partial charge on any atom is 0.255 e.